The van der Waals surface area contributed by atoms with Crippen LogP contribution in [0.15, 0.2) is 47.6 Å². The number of halogens is 2. The summed E-state index contributed by atoms with van der Waals surface area (Å²) in [5, 5.41) is 6.90. The van der Waals surface area contributed by atoms with E-state index in [0.29, 0.717) is 16.5 Å². The Bertz CT molecular complexity index is 744. The average Bonchev–Trinajstić information content (AvgIpc) is 2.96. The SMILES string of the molecule is CC(=O)N1N=C(c2cccc(Cl)c2Cl)CC1c1c[c]ccc1. The number of carbonyl (C=O) groups excluding carboxylic acids is 1. The van der Waals surface area contributed by atoms with Crippen molar-refractivity contribution in [3.8, 4) is 0 Å². The molecule has 1 aliphatic rings. The lowest BCUT2D eigenvalue weighted by atomic mass is 9.98. The number of rotatable bonds is 2. The molecule has 0 saturated carbocycles. The Balaban J connectivity index is 2.00. The van der Waals surface area contributed by atoms with E-state index in [1.165, 1.54) is 11.9 Å². The highest BCUT2D eigenvalue weighted by molar-refractivity contribution is 6.44. The van der Waals surface area contributed by atoms with Crippen LogP contribution in [0, 0.1) is 6.07 Å². The van der Waals surface area contributed by atoms with Gasteiger partial charge in [-0.2, -0.15) is 5.10 Å². The standard InChI is InChI=1S/C17H13Cl2N2O/c1-11(22)21-16(12-6-3-2-4-7-12)10-15(20-21)13-8-5-9-14(18)17(13)19/h2-3,5-9,16H,10H2,1H3. The van der Waals surface area contributed by atoms with Crippen LogP contribution in [0.4, 0.5) is 0 Å². The van der Waals surface area contributed by atoms with Gasteiger partial charge in [-0.15, -0.1) is 0 Å². The largest absolute Gasteiger partial charge is 0.273 e. The van der Waals surface area contributed by atoms with Gasteiger partial charge in [-0.3, -0.25) is 4.79 Å². The third-order valence-electron chi connectivity index (χ3n) is 3.61. The molecule has 0 aromatic heterocycles. The minimum Gasteiger partial charge on any atom is -0.273 e. The highest BCUT2D eigenvalue weighted by Gasteiger charge is 2.32. The van der Waals surface area contributed by atoms with Gasteiger partial charge in [0.1, 0.15) is 0 Å². The van der Waals surface area contributed by atoms with Gasteiger partial charge in [-0.1, -0.05) is 53.5 Å². The van der Waals surface area contributed by atoms with Crippen molar-refractivity contribution >= 4 is 34.8 Å². The quantitative estimate of drug-likeness (QED) is 0.797. The van der Waals surface area contributed by atoms with Crippen molar-refractivity contribution < 1.29 is 4.79 Å². The van der Waals surface area contributed by atoms with Crippen LogP contribution < -0.4 is 0 Å². The summed E-state index contributed by atoms with van der Waals surface area (Å²) < 4.78 is 0. The van der Waals surface area contributed by atoms with Gasteiger partial charge >= 0.3 is 0 Å². The maximum atomic E-state index is 11.9. The number of nitrogens with zero attached hydrogens (tertiary/aromatic N) is 2. The van der Waals surface area contributed by atoms with E-state index in [1.807, 2.05) is 36.4 Å². The topological polar surface area (TPSA) is 32.7 Å². The minimum absolute atomic E-state index is 0.109. The Morgan fingerprint density at radius 2 is 2.14 bits per heavy atom. The van der Waals surface area contributed by atoms with E-state index in [0.717, 1.165) is 16.8 Å². The Morgan fingerprint density at radius 3 is 2.82 bits per heavy atom. The molecule has 0 N–H and O–H groups in total. The molecule has 1 amide bonds. The first-order valence-electron chi connectivity index (χ1n) is 6.85. The van der Waals surface area contributed by atoms with E-state index in [9.17, 15) is 4.79 Å². The molecule has 0 fully saturated rings. The van der Waals surface area contributed by atoms with Gasteiger partial charge in [0.25, 0.3) is 0 Å². The van der Waals surface area contributed by atoms with Crippen LogP contribution in [0.5, 0.6) is 0 Å². The lowest BCUT2D eigenvalue weighted by Gasteiger charge is -2.20. The fraction of sp³-hybridized carbons (Fsp3) is 0.176. The lowest BCUT2D eigenvalue weighted by molar-refractivity contribution is -0.130. The predicted octanol–water partition coefficient (Wildman–Crippen LogP) is 4.49. The maximum absolute atomic E-state index is 11.9. The molecule has 22 heavy (non-hydrogen) atoms. The smallest absolute Gasteiger partial charge is 0.240 e. The zero-order chi connectivity index (χ0) is 15.7. The predicted molar refractivity (Wildman–Crippen MR) is 88.2 cm³/mol. The van der Waals surface area contributed by atoms with Crippen LogP contribution >= 0.6 is 23.2 Å². The van der Waals surface area contributed by atoms with E-state index in [-0.39, 0.29) is 11.9 Å². The van der Waals surface area contributed by atoms with E-state index in [4.69, 9.17) is 23.2 Å². The highest BCUT2D eigenvalue weighted by atomic mass is 35.5. The molecule has 3 rings (SSSR count). The molecule has 0 spiro atoms. The van der Waals surface area contributed by atoms with Gasteiger partial charge in [0.15, 0.2) is 0 Å². The Morgan fingerprint density at radius 1 is 1.32 bits per heavy atom. The normalized spacial score (nSPS) is 17.5. The summed E-state index contributed by atoms with van der Waals surface area (Å²) in [7, 11) is 0. The summed E-state index contributed by atoms with van der Waals surface area (Å²) >= 11 is 12.3. The molecule has 1 unspecified atom stereocenters. The molecule has 5 heteroatoms. The summed E-state index contributed by atoms with van der Waals surface area (Å²) in [4.78, 5) is 11.9. The molecule has 1 radical (unpaired) electrons. The molecule has 1 atom stereocenters. The summed E-state index contributed by atoms with van der Waals surface area (Å²) in [6, 6.07) is 15.9. The highest BCUT2D eigenvalue weighted by Crippen LogP contribution is 2.35. The second-order valence-corrected chi connectivity index (χ2v) is 5.85. The van der Waals surface area contributed by atoms with Crippen LogP contribution in [-0.2, 0) is 4.79 Å². The Kier molecular flexibility index (Phi) is 4.19. The molecular formula is C17H13Cl2N2O. The van der Waals surface area contributed by atoms with Crippen molar-refractivity contribution in [3.05, 3.63) is 69.7 Å². The summed E-state index contributed by atoms with van der Waals surface area (Å²) in [5.41, 5.74) is 2.52. The Hall–Kier alpha value is -1.84. The number of hydrogen-bond donors (Lipinski definition) is 0. The van der Waals surface area contributed by atoms with Crippen LogP contribution in [0.2, 0.25) is 10.0 Å². The molecule has 111 valence electrons. The first-order chi connectivity index (χ1) is 10.6. The third kappa shape index (κ3) is 2.74. The second kappa shape index (κ2) is 6.11. The molecule has 2 aromatic rings. The zero-order valence-electron chi connectivity index (χ0n) is 11.9. The van der Waals surface area contributed by atoms with Crippen LogP contribution in [0.3, 0.4) is 0 Å². The first-order valence-corrected chi connectivity index (χ1v) is 7.61. The van der Waals surface area contributed by atoms with Crippen LogP contribution in [-0.4, -0.2) is 16.6 Å². The summed E-state index contributed by atoms with van der Waals surface area (Å²) in [5.74, 6) is -0.109. The number of amides is 1. The molecule has 0 saturated heterocycles. The van der Waals surface area contributed by atoms with Crippen LogP contribution in [0.1, 0.15) is 30.5 Å². The van der Waals surface area contributed by atoms with Gasteiger partial charge in [0.2, 0.25) is 5.91 Å². The fourth-order valence-corrected chi connectivity index (χ4v) is 2.97. The fourth-order valence-electron chi connectivity index (χ4n) is 2.56. The monoisotopic (exact) mass is 331 g/mol. The number of carbonyl (C=O) groups is 1. The number of benzene rings is 2. The van der Waals surface area contributed by atoms with Crippen molar-refractivity contribution in [2.45, 2.75) is 19.4 Å². The van der Waals surface area contributed by atoms with Gasteiger partial charge in [0.05, 0.1) is 21.8 Å². The molecular weight excluding hydrogens is 319 g/mol. The van der Waals surface area contributed by atoms with Gasteiger partial charge in [0, 0.05) is 18.9 Å². The third-order valence-corrected chi connectivity index (χ3v) is 4.43. The molecule has 0 bridgehead atoms. The average molecular weight is 332 g/mol. The number of hydrazone groups is 1. The lowest BCUT2D eigenvalue weighted by Crippen LogP contribution is -2.24. The Labute approximate surface area is 139 Å². The van der Waals surface area contributed by atoms with Gasteiger partial charge in [-0.05, 0) is 23.8 Å². The van der Waals surface area contributed by atoms with Crippen molar-refractivity contribution in [1.82, 2.24) is 5.01 Å². The molecule has 3 nitrogen and oxygen atoms in total. The first kappa shape index (κ1) is 15.1. The maximum Gasteiger partial charge on any atom is 0.240 e. The number of hydrogen-bond acceptors (Lipinski definition) is 2. The van der Waals surface area contributed by atoms with Crippen molar-refractivity contribution in [2.24, 2.45) is 5.10 Å². The molecule has 1 aliphatic heterocycles. The second-order valence-electron chi connectivity index (χ2n) is 5.07. The van der Waals surface area contributed by atoms with Crippen molar-refractivity contribution in [1.29, 1.82) is 0 Å². The van der Waals surface area contributed by atoms with E-state index < -0.39 is 0 Å². The molecule has 0 aliphatic carbocycles. The van der Waals surface area contributed by atoms with E-state index in [2.05, 4.69) is 11.2 Å². The summed E-state index contributed by atoms with van der Waals surface area (Å²) in [6.07, 6.45) is 0.595. The van der Waals surface area contributed by atoms with Crippen molar-refractivity contribution in [2.75, 3.05) is 0 Å². The molecule has 1 heterocycles. The van der Waals surface area contributed by atoms with Crippen LogP contribution in [0.25, 0.3) is 0 Å². The zero-order valence-corrected chi connectivity index (χ0v) is 13.4. The van der Waals surface area contributed by atoms with E-state index in [1.54, 1.807) is 6.07 Å². The van der Waals surface area contributed by atoms with Gasteiger partial charge < -0.3 is 0 Å². The molecule has 2 aromatic carbocycles. The van der Waals surface area contributed by atoms with E-state index >= 15 is 0 Å². The summed E-state index contributed by atoms with van der Waals surface area (Å²) in [6.45, 7) is 1.51. The van der Waals surface area contributed by atoms with Crippen molar-refractivity contribution in [3.63, 3.8) is 0 Å². The minimum atomic E-state index is -0.139. The van der Waals surface area contributed by atoms with Gasteiger partial charge in [-0.25, -0.2) is 5.01 Å².